The zero-order chi connectivity index (χ0) is 16.4. The summed E-state index contributed by atoms with van der Waals surface area (Å²) in [5, 5.41) is 11.5. The lowest BCUT2D eigenvalue weighted by atomic mass is 10.1. The van der Waals surface area contributed by atoms with Gasteiger partial charge in [-0.1, -0.05) is 11.6 Å². The van der Waals surface area contributed by atoms with E-state index in [0.29, 0.717) is 11.6 Å². The molecular weight excluding hydrogens is 334 g/mol. The van der Waals surface area contributed by atoms with Gasteiger partial charge in [-0.3, -0.25) is 9.48 Å². The predicted octanol–water partition coefficient (Wildman–Crippen LogP) is 2.26. The summed E-state index contributed by atoms with van der Waals surface area (Å²) < 4.78 is 2.72. The highest BCUT2D eigenvalue weighted by Gasteiger charge is 2.20. The van der Waals surface area contributed by atoms with Crippen molar-refractivity contribution < 1.29 is 4.79 Å². The van der Waals surface area contributed by atoms with Crippen molar-refractivity contribution in [1.29, 1.82) is 0 Å². The van der Waals surface area contributed by atoms with Gasteiger partial charge in [-0.2, -0.15) is 5.10 Å². The molecule has 2 heterocycles. The molecule has 0 fully saturated rings. The molecule has 0 spiro atoms. The zero-order valence-electron chi connectivity index (χ0n) is 12.7. The molecule has 6 nitrogen and oxygen atoms in total. The smallest absolute Gasteiger partial charge is 0.242 e. The molecule has 0 saturated heterocycles. The number of aromatic nitrogens is 3. The van der Waals surface area contributed by atoms with Crippen LogP contribution in [0.4, 0.5) is 0 Å². The second kappa shape index (κ2) is 6.66. The lowest BCUT2D eigenvalue weighted by molar-refractivity contribution is -0.123. The fraction of sp³-hybridized carbons (Fsp3) is 0.267. The van der Waals surface area contributed by atoms with Crippen LogP contribution < -0.4 is 10.6 Å². The van der Waals surface area contributed by atoms with E-state index in [9.17, 15) is 4.79 Å². The van der Waals surface area contributed by atoms with E-state index in [1.54, 1.807) is 29.3 Å². The first-order valence-corrected chi connectivity index (χ1v) is 8.25. The molecule has 3 rings (SSSR count). The summed E-state index contributed by atoms with van der Waals surface area (Å²) in [5.41, 5.74) is 1.67. The van der Waals surface area contributed by atoms with E-state index in [4.69, 9.17) is 11.6 Å². The highest BCUT2D eigenvalue weighted by Crippen LogP contribution is 2.25. The van der Waals surface area contributed by atoms with E-state index in [1.165, 1.54) is 0 Å². The fourth-order valence-corrected chi connectivity index (χ4v) is 3.38. The van der Waals surface area contributed by atoms with Gasteiger partial charge in [-0.05, 0) is 25.2 Å². The van der Waals surface area contributed by atoms with Crippen molar-refractivity contribution in [2.24, 2.45) is 7.05 Å². The van der Waals surface area contributed by atoms with Crippen LogP contribution >= 0.6 is 22.9 Å². The molecular formula is C15H16ClN5OS. The van der Waals surface area contributed by atoms with Gasteiger partial charge in [0.25, 0.3) is 0 Å². The highest BCUT2D eigenvalue weighted by molar-refractivity contribution is 7.18. The standard InChI is InChI=1S/C15H16ClN5OS/c1-17-14(9-6-19-21(2)8-9)15(22)18-7-13-20-11-5-10(16)3-4-12(11)23-13/h3-6,8,14,17H,7H2,1-2H3,(H,18,22). The average molecular weight is 350 g/mol. The van der Waals surface area contributed by atoms with Crippen LogP contribution in [0.2, 0.25) is 5.02 Å². The van der Waals surface area contributed by atoms with Crippen molar-refractivity contribution >= 4 is 39.1 Å². The number of hydrogen-bond donors (Lipinski definition) is 2. The summed E-state index contributed by atoms with van der Waals surface area (Å²) in [4.78, 5) is 16.9. The largest absolute Gasteiger partial charge is 0.348 e. The summed E-state index contributed by atoms with van der Waals surface area (Å²) in [6, 6.07) is 5.16. The van der Waals surface area contributed by atoms with Crippen molar-refractivity contribution in [3.8, 4) is 0 Å². The first-order valence-electron chi connectivity index (χ1n) is 7.05. The van der Waals surface area contributed by atoms with Crippen LogP contribution in [0.15, 0.2) is 30.6 Å². The molecule has 1 aromatic carbocycles. The van der Waals surface area contributed by atoms with Gasteiger partial charge in [0.2, 0.25) is 5.91 Å². The second-order valence-corrected chi connectivity index (χ2v) is 6.66. The Morgan fingerprint density at radius 3 is 3.00 bits per heavy atom. The molecule has 3 aromatic rings. The normalized spacial score (nSPS) is 12.5. The molecule has 0 radical (unpaired) electrons. The van der Waals surface area contributed by atoms with Gasteiger partial charge in [-0.25, -0.2) is 4.98 Å². The number of amides is 1. The molecule has 0 aliphatic rings. The van der Waals surface area contributed by atoms with E-state index in [2.05, 4.69) is 20.7 Å². The molecule has 120 valence electrons. The topological polar surface area (TPSA) is 71.8 Å². The van der Waals surface area contributed by atoms with Gasteiger partial charge >= 0.3 is 0 Å². The van der Waals surface area contributed by atoms with Gasteiger partial charge in [-0.15, -0.1) is 11.3 Å². The van der Waals surface area contributed by atoms with Crippen molar-refractivity contribution in [3.63, 3.8) is 0 Å². The maximum atomic E-state index is 12.4. The van der Waals surface area contributed by atoms with E-state index < -0.39 is 6.04 Å². The Bertz CT molecular complexity index is 843. The number of carbonyl (C=O) groups excluding carboxylic acids is 1. The van der Waals surface area contributed by atoms with Crippen LogP contribution in [0.1, 0.15) is 16.6 Å². The van der Waals surface area contributed by atoms with Gasteiger partial charge in [0.1, 0.15) is 11.0 Å². The number of benzene rings is 1. The molecule has 0 saturated carbocycles. The molecule has 1 unspecified atom stereocenters. The second-order valence-electron chi connectivity index (χ2n) is 5.11. The predicted molar refractivity (Wildman–Crippen MR) is 91.5 cm³/mol. The summed E-state index contributed by atoms with van der Waals surface area (Å²) in [6.45, 7) is 0.383. The fourth-order valence-electron chi connectivity index (χ4n) is 2.33. The molecule has 8 heteroatoms. The van der Waals surface area contributed by atoms with Crippen molar-refractivity contribution in [2.45, 2.75) is 12.6 Å². The highest BCUT2D eigenvalue weighted by atomic mass is 35.5. The molecule has 23 heavy (non-hydrogen) atoms. The zero-order valence-corrected chi connectivity index (χ0v) is 14.3. The Balaban J connectivity index is 1.69. The minimum absolute atomic E-state index is 0.113. The van der Waals surface area contributed by atoms with E-state index >= 15 is 0 Å². The maximum absolute atomic E-state index is 12.4. The number of thiazole rings is 1. The Kier molecular flexibility index (Phi) is 4.61. The third kappa shape index (κ3) is 3.52. The molecule has 0 bridgehead atoms. The van der Waals surface area contributed by atoms with Crippen LogP contribution in [-0.2, 0) is 18.4 Å². The Labute approximate surface area is 142 Å². The monoisotopic (exact) mass is 349 g/mol. The number of aryl methyl sites for hydroxylation is 1. The van der Waals surface area contributed by atoms with Crippen molar-refractivity contribution in [3.05, 3.63) is 46.2 Å². The van der Waals surface area contributed by atoms with Crippen LogP contribution in [0.25, 0.3) is 10.2 Å². The number of rotatable bonds is 5. The molecule has 1 amide bonds. The summed E-state index contributed by atoms with van der Waals surface area (Å²) in [6.07, 6.45) is 3.50. The lowest BCUT2D eigenvalue weighted by Crippen LogP contribution is -2.35. The van der Waals surface area contributed by atoms with Crippen LogP contribution in [0, 0.1) is 0 Å². The minimum atomic E-state index is -0.437. The average Bonchev–Trinajstić information content (AvgIpc) is 3.11. The van der Waals surface area contributed by atoms with E-state index in [1.807, 2.05) is 31.4 Å². The first-order chi connectivity index (χ1) is 11.1. The number of carbonyl (C=O) groups is 1. The summed E-state index contributed by atoms with van der Waals surface area (Å²) in [7, 11) is 3.57. The Hall–Kier alpha value is -1.96. The van der Waals surface area contributed by atoms with Gasteiger partial charge in [0.15, 0.2) is 0 Å². The molecule has 2 aromatic heterocycles. The van der Waals surface area contributed by atoms with Crippen molar-refractivity contribution in [1.82, 2.24) is 25.4 Å². The van der Waals surface area contributed by atoms with Gasteiger partial charge in [0, 0.05) is 23.8 Å². The number of likely N-dealkylation sites (N-methyl/N-ethyl adjacent to an activating group) is 1. The van der Waals surface area contributed by atoms with E-state index in [-0.39, 0.29) is 5.91 Å². The Morgan fingerprint density at radius 1 is 1.48 bits per heavy atom. The molecule has 0 aliphatic carbocycles. The summed E-state index contributed by atoms with van der Waals surface area (Å²) >= 11 is 7.51. The minimum Gasteiger partial charge on any atom is -0.348 e. The van der Waals surface area contributed by atoms with Crippen molar-refractivity contribution in [2.75, 3.05) is 7.05 Å². The van der Waals surface area contributed by atoms with Crippen LogP contribution in [-0.4, -0.2) is 27.7 Å². The third-order valence-corrected chi connectivity index (χ3v) is 4.69. The molecule has 1 atom stereocenters. The molecule has 2 N–H and O–H groups in total. The molecule has 0 aliphatic heterocycles. The SMILES string of the molecule is CNC(C(=O)NCc1nc2cc(Cl)ccc2s1)c1cnn(C)c1. The lowest BCUT2D eigenvalue weighted by Gasteiger charge is -2.13. The number of fused-ring (bicyclic) bond motifs is 1. The Morgan fingerprint density at radius 2 is 2.30 bits per heavy atom. The van der Waals surface area contributed by atoms with E-state index in [0.717, 1.165) is 20.8 Å². The maximum Gasteiger partial charge on any atom is 0.242 e. The van der Waals surface area contributed by atoms with Crippen LogP contribution in [0.3, 0.4) is 0 Å². The number of hydrogen-bond acceptors (Lipinski definition) is 5. The number of nitrogens with zero attached hydrogens (tertiary/aromatic N) is 3. The summed E-state index contributed by atoms with van der Waals surface area (Å²) in [5.74, 6) is -0.113. The quantitative estimate of drug-likeness (QED) is 0.741. The van der Waals surface area contributed by atoms with Crippen LogP contribution in [0.5, 0.6) is 0 Å². The third-order valence-electron chi connectivity index (χ3n) is 3.42. The number of nitrogens with one attached hydrogen (secondary N) is 2. The van der Waals surface area contributed by atoms with Gasteiger partial charge < -0.3 is 10.6 Å². The number of halogens is 1. The van der Waals surface area contributed by atoms with Gasteiger partial charge in [0.05, 0.1) is 23.0 Å². The first kappa shape index (κ1) is 15.9.